The Morgan fingerprint density at radius 3 is 1.13 bits per heavy atom. The zero-order chi connectivity index (χ0) is 39.3. The fraction of sp³-hybridized carbons (Fsp3) is 1.00. The van der Waals surface area contributed by atoms with Crippen molar-refractivity contribution in [2.24, 2.45) is 34.0 Å². The number of hydrogen-bond donors (Lipinski definition) is 0. The number of alkyl halides is 4. The number of rotatable bonds is 5. The van der Waals surface area contributed by atoms with Crippen molar-refractivity contribution in [3.8, 4) is 0 Å². The molecule has 4 saturated heterocycles. The average Bonchev–Trinajstić information content (AvgIpc) is 2.98. The Morgan fingerprint density at radius 2 is 0.788 bits per heavy atom. The van der Waals surface area contributed by atoms with Gasteiger partial charge in [-0.3, -0.25) is 14.7 Å². The van der Waals surface area contributed by atoms with Crippen molar-refractivity contribution in [3.05, 3.63) is 0 Å². The zero-order valence-corrected chi connectivity index (χ0v) is 36.3. The van der Waals surface area contributed by atoms with E-state index in [0.717, 1.165) is 43.3 Å². The third-order valence-electron chi connectivity index (χ3n) is 14.1. The Bertz CT molecular complexity index is 968. The van der Waals surface area contributed by atoms with E-state index in [1.807, 2.05) is 37.5 Å². The zero-order valence-electron chi connectivity index (χ0n) is 36.3. The molecule has 6 fully saturated rings. The van der Waals surface area contributed by atoms with E-state index in [1.165, 1.54) is 58.0 Å². The topological polar surface area (TPSA) is 13.0 Å². The van der Waals surface area contributed by atoms with E-state index >= 15 is 0 Å². The van der Waals surface area contributed by atoms with Gasteiger partial charge in [-0.25, -0.2) is 17.6 Å². The fourth-order valence-corrected chi connectivity index (χ4v) is 9.69. The lowest BCUT2D eigenvalue weighted by atomic mass is 9.53. The lowest BCUT2D eigenvalue weighted by Gasteiger charge is -2.59. The molecule has 3 spiro atoms. The lowest BCUT2D eigenvalue weighted by Crippen LogP contribution is -2.71. The van der Waals surface area contributed by atoms with Crippen LogP contribution in [0.25, 0.3) is 0 Å². The largest absolute Gasteiger partial charge is 0.301 e. The Morgan fingerprint density at radius 1 is 0.423 bits per heavy atom. The van der Waals surface area contributed by atoms with Crippen LogP contribution in [0.4, 0.5) is 17.6 Å². The standard InChI is InChI=1S/C14H25F2N.C13H24F2N2.C13H25N.C4H10/c1-10(2)12-7-13(8-12)5-6-17(11(3)4)9-14(13,15)16;1-10(2)16-6-5-12(13(14,15)9-16)7-17(8-12)11(3)4;1-12(2)14-10-8-13(9-11-14)6-4-3-5-7-13;1-4(2)3/h10-12H,5-9H2,1-4H3;10-11H,5-9H2,1-4H3;12H,3-11H2,1-2H3;4H,1-3H3. The maximum Gasteiger partial charge on any atom is 0.268 e. The van der Waals surface area contributed by atoms with Gasteiger partial charge >= 0.3 is 0 Å². The van der Waals surface area contributed by atoms with Crippen LogP contribution < -0.4 is 0 Å². The lowest BCUT2D eigenvalue weighted by molar-refractivity contribution is -0.232. The first-order chi connectivity index (χ1) is 24.0. The summed E-state index contributed by atoms with van der Waals surface area (Å²) in [6.45, 7) is 33.1. The van der Waals surface area contributed by atoms with Crippen LogP contribution in [0.3, 0.4) is 0 Å². The Kier molecular flexibility index (Phi) is 16.5. The monoisotopic (exact) mass is 745 g/mol. The summed E-state index contributed by atoms with van der Waals surface area (Å²) in [5.41, 5.74) is -0.611. The van der Waals surface area contributed by atoms with E-state index in [2.05, 4.69) is 72.1 Å². The van der Waals surface area contributed by atoms with Crippen molar-refractivity contribution in [3.63, 3.8) is 0 Å². The quantitative estimate of drug-likeness (QED) is 0.260. The number of piperidine rings is 3. The second kappa shape index (κ2) is 18.7. The molecule has 4 aliphatic heterocycles. The van der Waals surface area contributed by atoms with Gasteiger partial charge in [0.05, 0.1) is 18.5 Å². The molecule has 8 heteroatoms. The van der Waals surface area contributed by atoms with Crippen molar-refractivity contribution >= 4 is 0 Å². The maximum absolute atomic E-state index is 14.3. The molecule has 308 valence electrons. The van der Waals surface area contributed by atoms with Crippen LogP contribution in [-0.4, -0.2) is 108 Å². The summed E-state index contributed by atoms with van der Waals surface area (Å²) in [7, 11) is 0. The van der Waals surface area contributed by atoms with Crippen LogP contribution in [0, 0.1) is 34.0 Å². The predicted molar refractivity (Wildman–Crippen MR) is 214 cm³/mol. The molecule has 0 amide bonds. The van der Waals surface area contributed by atoms with Gasteiger partial charge in [-0.1, -0.05) is 53.9 Å². The molecule has 0 unspecified atom stereocenters. The molecule has 0 aromatic heterocycles. The Labute approximate surface area is 319 Å². The molecule has 4 heterocycles. The molecule has 52 heavy (non-hydrogen) atoms. The minimum Gasteiger partial charge on any atom is -0.301 e. The van der Waals surface area contributed by atoms with Gasteiger partial charge < -0.3 is 4.90 Å². The molecule has 0 aromatic carbocycles. The van der Waals surface area contributed by atoms with Crippen LogP contribution in [0.15, 0.2) is 0 Å². The molecule has 2 saturated carbocycles. The maximum atomic E-state index is 14.3. The highest BCUT2D eigenvalue weighted by molar-refractivity contribution is 5.09. The van der Waals surface area contributed by atoms with Crippen LogP contribution in [-0.2, 0) is 0 Å². The van der Waals surface area contributed by atoms with Gasteiger partial charge in [0.25, 0.3) is 11.8 Å². The summed E-state index contributed by atoms with van der Waals surface area (Å²) < 4.78 is 57.2. The van der Waals surface area contributed by atoms with Crippen molar-refractivity contribution in [2.75, 3.05) is 52.4 Å². The van der Waals surface area contributed by atoms with Crippen molar-refractivity contribution in [2.45, 2.75) is 197 Å². The van der Waals surface area contributed by atoms with Crippen LogP contribution in [0.5, 0.6) is 0 Å². The molecule has 6 aliphatic rings. The summed E-state index contributed by atoms with van der Waals surface area (Å²) in [6, 6.07) is 1.61. The van der Waals surface area contributed by atoms with E-state index in [0.29, 0.717) is 43.8 Å². The Hall–Kier alpha value is -0.440. The molecule has 0 N–H and O–H groups in total. The first-order valence-electron chi connectivity index (χ1n) is 21.7. The van der Waals surface area contributed by atoms with Crippen molar-refractivity contribution < 1.29 is 17.6 Å². The highest BCUT2D eigenvalue weighted by Gasteiger charge is 2.63. The second-order valence-electron chi connectivity index (χ2n) is 20.4. The third kappa shape index (κ3) is 11.3. The summed E-state index contributed by atoms with van der Waals surface area (Å²) in [5.74, 6) is -3.10. The molecule has 0 radical (unpaired) electrons. The number of nitrogens with zero attached hydrogens (tertiary/aromatic N) is 4. The van der Waals surface area contributed by atoms with E-state index in [9.17, 15) is 17.6 Å². The van der Waals surface area contributed by atoms with Crippen LogP contribution in [0.1, 0.15) is 161 Å². The van der Waals surface area contributed by atoms with Crippen LogP contribution >= 0.6 is 0 Å². The minimum atomic E-state index is -2.53. The number of likely N-dealkylation sites (tertiary alicyclic amines) is 4. The summed E-state index contributed by atoms with van der Waals surface area (Å²) in [4.78, 5) is 8.63. The summed E-state index contributed by atoms with van der Waals surface area (Å²) in [5, 5.41) is 0. The molecule has 0 bridgehead atoms. The van der Waals surface area contributed by atoms with Crippen molar-refractivity contribution in [1.82, 2.24) is 19.6 Å². The smallest absolute Gasteiger partial charge is 0.268 e. The second-order valence-corrected chi connectivity index (χ2v) is 20.4. The van der Waals surface area contributed by atoms with Crippen LogP contribution in [0.2, 0.25) is 0 Å². The van der Waals surface area contributed by atoms with Gasteiger partial charge in [0, 0.05) is 42.7 Å². The van der Waals surface area contributed by atoms with E-state index in [1.54, 1.807) is 0 Å². The van der Waals surface area contributed by atoms with Gasteiger partial charge in [-0.15, -0.1) is 0 Å². The predicted octanol–water partition coefficient (Wildman–Crippen LogP) is 11.3. The SMILES string of the molecule is CC(C)C.CC(C)C1CC2(CCN(C(C)C)CC2(F)F)C1.CC(C)N1CCC2(CCCCC2)CC1.CC(C)N1CCC2(CN(C(C)C)C2)C(F)(F)C1. The molecule has 0 atom stereocenters. The fourth-order valence-electron chi connectivity index (χ4n) is 9.69. The van der Waals surface area contributed by atoms with Gasteiger partial charge in [0.1, 0.15) is 0 Å². The first-order valence-corrected chi connectivity index (χ1v) is 21.7. The van der Waals surface area contributed by atoms with E-state index < -0.39 is 22.7 Å². The Balaban J connectivity index is 0.000000201. The summed E-state index contributed by atoms with van der Waals surface area (Å²) >= 11 is 0. The van der Waals surface area contributed by atoms with Gasteiger partial charge in [0.15, 0.2) is 0 Å². The average molecular weight is 745 g/mol. The number of halogens is 4. The molecular formula is C44H84F4N4. The number of hydrogen-bond acceptors (Lipinski definition) is 4. The highest BCUT2D eigenvalue weighted by atomic mass is 19.3. The third-order valence-corrected chi connectivity index (χ3v) is 14.1. The van der Waals surface area contributed by atoms with Crippen molar-refractivity contribution in [1.29, 1.82) is 0 Å². The van der Waals surface area contributed by atoms with Gasteiger partial charge in [0.2, 0.25) is 0 Å². The molecular weight excluding hydrogens is 661 g/mol. The molecule has 0 aromatic rings. The molecule has 2 aliphatic carbocycles. The minimum absolute atomic E-state index is 0.0323. The first kappa shape index (κ1) is 45.9. The highest BCUT2D eigenvalue weighted by Crippen LogP contribution is 2.61. The normalized spacial score (nSPS) is 30.2. The van der Waals surface area contributed by atoms with Gasteiger partial charge in [-0.05, 0) is 156 Å². The van der Waals surface area contributed by atoms with Gasteiger partial charge in [-0.2, -0.15) is 0 Å². The van der Waals surface area contributed by atoms with E-state index in [4.69, 9.17) is 0 Å². The summed E-state index contributed by atoms with van der Waals surface area (Å²) in [6.07, 6.45) is 13.3. The molecule has 4 nitrogen and oxygen atoms in total. The molecule has 6 rings (SSSR count). The van der Waals surface area contributed by atoms with E-state index in [-0.39, 0.29) is 25.2 Å².